The maximum absolute atomic E-state index is 10.1. The Morgan fingerprint density at radius 1 is 1.50 bits per heavy atom. The Morgan fingerprint density at radius 3 is 2.33 bits per heavy atom. The van der Waals surface area contributed by atoms with Gasteiger partial charge in [-0.25, -0.2) is 9.78 Å². The molecule has 0 bridgehead atoms. The summed E-state index contributed by atoms with van der Waals surface area (Å²) in [6, 6.07) is 4.76. The number of nitrogens with zero attached hydrogens (tertiary/aromatic N) is 2. The van der Waals surface area contributed by atoms with Gasteiger partial charge in [-0.2, -0.15) is 0 Å². The van der Waals surface area contributed by atoms with Crippen molar-refractivity contribution in [3.05, 3.63) is 35.0 Å². The number of carboxylic acid groups (broad SMARTS) is 1. The average Bonchev–Trinajstić information content (AvgIpc) is 2.07. The molecule has 12 heavy (non-hydrogen) atoms. The van der Waals surface area contributed by atoms with Gasteiger partial charge < -0.3 is 10.3 Å². The molecule has 1 heterocycles. The molecule has 0 amide bonds. The molecule has 0 aliphatic heterocycles. The third-order valence-corrected chi connectivity index (χ3v) is 0.884. The highest BCUT2D eigenvalue weighted by molar-refractivity contribution is 5.85. The molecule has 1 aromatic rings. The molecule has 2 N–H and O–H groups in total. The van der Waals surface area contributed by atoms with Crippen molar-refractivity contribution in [2.75, 3.05) is 0 Å². The van der Waals surface area contributed by atoms with E-state index >= 15 is 0 Å². The lowest BCUT2D eigenvalue weighted by Crippen LogP contribution is -1.97. The molecule has 0 spiro atoms. The zero-order valence-corrected chi connectivity index (χ0v) is 5.91. The predicted octanol–water partition coefficient (Wildman–Crippen LogP) is 0.922. The van der Waals surface area contributed by atoms with Gasteiger partial charge in [0.15, 0.2) is 5.34 Å². The zero-order chi connectivity index (χ0) is 9.40. The van der Waals surface area contributed by atoms with E-state index in [0.717, 1.165) is 0 Å². The maximum atomic E-state index is 10.1. The summed E-state index contributed by atoms with van der Waals surface area (Å²) < 4.78 is 0. The van der Waals surface area contributed by atoms with Crippen LogP contribution in [0.4, 0.5) is 0 Å². The highest BCUT2D eigenvalue weighted by Crippen LogP contribution is 1.90. The van der Waals surface area contributed by atoms with E-state index in [0.29, 0.717) is 0 Å². The first-order valence-corrected chi connectivity index (χ1v) is 2.83. The highest BCUT2D eigenvalue weighted by Gasteiger charge is 1.98. The predicted molar refractivity (Wildman–Crippen MR) is 38.8 cm³/mol. The summed E-state index contributed by atoms with van der Waals surface area (Å²) in [5.74, 6) is -0.990. The number of rotatable bonds is 1. The summed E-state index contributed by atoms with van der Waals surface area (Å²) in [6.45, 7) is 0. The molecule has 1 aromatic heterocycles. The van der Waals surface area contributed by atoms with E-state index in [2.05, 4.69) is 4.98 Å². The molecule has 64 valence electrons. The largest absolute Gasteiger partial charge is 0.477 e. The molecule has 0 atom stereocenters. The van der Waals surface area contributed by atoms with Crippen molar-refractivity contribution >= 4 is 5.97 Å². The molecule has 0 saturated heterocycles. The maximum Gasteiger partial charge on any atom is 0.354 e. The van der Waals surface area contributed by atoms with Gasteiger partial charge in [0, 0.05) is 6.20 Å². The first kappa shape index (κ1) is 10.0. The Morgan fingerprint density at radius 2 is 2.08 bits per heavy atom. The van der Waals surface area contributed by atoms with Crippen LogP contribution < -0.4 is 0 Å². The van der Waals surface area contributed by atoms with Crippen molar-refractivity contribution in [3.8, 4) is 0 Å². The van der Waals surface area contributed by atoms with Crippen LogP contribution in [0.1, 0.15) is 10.5 Å². The first-order valence-electron chi connectivity index (χ1n) is 2.83. The summed E-state index contributed by atoms with van der Waals surface area (Å²) in [6.07, 6.45) is 1.45. The van der Waals surface area contributed by atoms with E-state index in [1.165, 1.54) is 17.6 Å². The number of pyridine rings is 1. The lowest BCUT2D eigenvalue weighted by molar-refractivity contribution is 0.0690. The van der Waals surface area contributed by atoms with E-state index < -0.39 is 5.97 Å². The Kier molecular flexibility index (Phi) is 4.83. The molecule has 6 heteroatoms. The van der Waals surface area contributed by atoms with Crippen molar-refractivity contribution in [3.63, 3.8) is 0 Å². The fraction of sp³-hybridized carbons (Fsp3) is 0. The normalized spacial score (nSPS) is 7.67. The van der Waals surface area contributed by atoms with Gasteiger partial charge in [0.05, 0.1) is 0 Å². The summed E-state index contributed by atoms with van der Waals surface area (Å²) in [5.41, 5.74) is 0.0810. The smallest absolute Gasteiger partial charge is 0.354 e. The van der Waals surface area contributed by atoms with Crippen LogP contribution in [0.15, 0.2) is 29.7 Å². The lowest BCUT2D eigenvalue weighted by Gasteiger charge is -1.87. The second-order valence-corrected chi connectivity index (χ2v) is 1.60. The quantitative estimate of drug-likeness (QED) is 0.482. The van der Waals surface area contributed by atoms with E-state index in [9.17, 15) is 4.79 Å². The second kappa shape index (κ2) is 5.78. The molecular weight excluding hydrogens is 164 g/mol. The van der Waals surface area contributed by atoms with Crippen LogP contribution >= 0.6 is 0 Å². The van der Waals surface area contributed by atoms with Gasteiger partial charge in [-0.15, -0.1) is 4.91 Å². The minimum Gasteiger partial charge on any atom is -0.477 e. The van der Waals surface area contributed by atoms with Gasteiger partial charge in [-0.05, 0) is 12.1 Å². The van der Waals surface area contributed by atoms with Crippen LogP contribution in [0.3, 0.4) is 0 Å². The summed E-state index contributed by atoms with van der Waals surface area (Å²) in [4.78, 5) is 21.8. The first-order chi connectivity index (χ1) is 5.72. The third-order valence-electron chi connectivity index (χ3n) is 0.884. The Hall–Kier alpha value is -1.98. The average molecular weight is 170 g/mol. The van der Waals surface area contributed by atoms with Gasteiger partial charge in [-0.3, -0.25) is 0 Å². The van der Waals surface area contributed by atoms with Gasteiger partial charge in [0.1, 0.15) is 5.69 Å². The molecule has 0 aromatic carbocycles. The second-order valence-electron chi connectivity index (χ2n) is 1.60. The fourth-order valence-corrected chi connectivity index (χ4v) is 0.489. The number of hydrogen-bond acceptors (Lipinski definition) is 4. The Balaban J connectivity index is 0.000000354. The third kappa shape index (κ3) is 3.94. The number of aromatic nitrogens is 1. The van der Waals surface area contributed by atoms with Gasteiger partial charge >= 0.3 is 5.97 Å². The van der Waals surface area contributed by atoms with Crippen molar-refractivity contribution < 1.29 is 15.1 Å². The van der Waals surface area contributed by atoms with E-state index in [1.54, 1.807) is 12.1 Å². The Bertz CT molecular complexity index is 249. The van der Waals surface area contributed by atoms with Gasteiger partial charge in [0.2, 0.25) is 0 Å². The number of aromatic carboxylic acids is 1. The van der Waals surface area contributed by atoms with Crippen molar-refractivity contribution in [2.45, 2.75) is 0 Å². The minimum absolute atomic E-state index is 0.0810. The van der Waals surface area contributed by atoms with Crippen molar-refractivity contribution in [1.29, 1.82) is 0 Å². The monoisotopic (exact) mass is 170 g/mol. The highest BCUT2D eigenvalue weighted by atomic mass is 16.6. The topological polar surface area (TPSA) is 99.8 Å². The van der Waals surface area contributed by atoms with E-state index in [1.807, 2.05) is 0 Å². The van der Waals surface area contributed by atoms with Crippen molar-refractivity contribution in [2.24, 2.45) is 5.34 Å². The molecule has 0 fully saturated rings. The lowest BCUT2D eigenvalue weighted by atomic mass is 10.4. The number of hydrogen-bond donors (Lipinski definition) is 2. The SMILES string of the molecule is O=C(O)c1ccccn1.O=NO. The van der Waals surface area contributed by atoms with Gasteiger partial charge in [-0.1, -0.05) is 6.07 Å². The van der Waals surface area contributed by atoms with E-state index in [-0.39, 0.29) is 5.69 Å². The summed E-state index contributed by atoms with van der Waals surface area (Å²) >= 11 is 0. The molecule has 1 rings (SSSR count). The van der Waals surface area contributed by atoms with Crippen LogP contribution in [-0.4, -0.2) is 21.3 Å². The van der Waals surface area contributed by atoms with Crippen molar-refractivity contribution in [1.82, 2.24) is 4.98 Å². The van der Waals surface area contributed by atoms with Crippen LogP contribution in [-0.2, 0) is 0 Å². The minimum atomic E-state index is -0.990. The van der Waals surface area contributed by atoms with Crippen LogP contribution in [0.2, 0.25) is 0 Å². The zero-order valence-electron chi connectivity index (χ0n) is 5.91. The molecule has 0 radical (unpaired) electrons. The van der Waals surface area contributed by atoms with E-state index in [4.69, 9.17) is 15.2 Å². The molecule has 0 aliphatic carbocycles. The number of carboxylic acids is 1. The summed E-state index contributed by atoms with van der Waals surface area (Å²) in [5, 5.41) is 16.2. The molecule has 0 aliphatic rings. The molecule has 0 unspecified atom stereocenters. The fourth-order valence-electron chi connectivity index (χ4n) is 0.489. The summed E-state index contributed by atoms with van der Waals surface area (Å²) in [7, 11) is 0. The standard InChI is InChI=1S/C6H5NO2.HNO2/c8-6(9)5-3-1-2-4-7-5;2-1-3/h1-4H,(H,8,9);(H,2,3). The van der Waals surface area contributed by atoms with Gasteiger partial charge in [0.25, 0.3) is 0 Å². The molecular formula is C6H6N2O4. The molecule has 6 nitrogen and oxygen atoms in total. The van der Waals surface area contributed by atoms with Crippen LogP contribution in [0.5, 0.6) is 0 Å². The molecule has 0 saturated carbocycles. The van der Waals surface area contributed by atoms with Crippen LogP contribution in [0, 0.1) is 4.91 Å². The Labute approximate surface area is 67.4 Å². The number of carbonyl (C=O) groups is 1. The van der Waals surface area contributed by atoms with Crippen LogP contribution in [0.25, 0.3) is 0 Å².